The fourth-order valence-electron chi connectivity index (χ4n) is 2.56. The van der Waals surface area contributed by atoms with E-state index in [2.05, 4.69) is 9.71 Å². The van der Waals surface area contributed by atoms with Crippen LogP contribution in [-0.4, -0.2) is 19.5 Å². The van der Waals surface area contributed by atoms with Crippen molar-refractivity contribution in [3.63, 3.8) is 0 Å². The van der Waals surface area contributed by atoms with Crippen LogP contribution in [0.1, 0.15) is 19.4 Å². The van der Waals surface area contributed by atoms with E-state index in [1.165, 1.54) is 12.1 Å². The Kier molecular flexibility index (Phi) is 4.73. The standard InChI is InChI=1S/C19H20N2O4S/c1-12(2)25-16-6-8-17(9-7-16)26(23,24)21-15-5-4-14-10-13(3)19(22)20-18(14)11-15/h4-12,21H,1-3H3,(H,20,22). The van der Waals surface area contributed by atoms with Crippen LogP contribution < -0.4 is 15.0 Å². The van der Waals surface area contributed by atoms with Crippen LogP contribution in [0.3, 0.4) is 0 Å². The van der Waals surface area contributed by atoms with E-state index < -0.39 is 10.0 Å². The molecular weight excluding hydrogens is 352 g/mol. The Labute approximate surface area is 151 Å². The predicted molar refractivity (Wildman–Crippen MR) is 102 cm³/mol. The summed E-state index contributed by atoms with van der Waals surface area (Å²) in [5.41, 5.74) is 1.36. The van der Waals surface area contributed by atoms with Gasteiger partial charge in [0.25, 0.3) is 15.6 Å². The molecule has 0 saturated heterocycles. The van der Waals surface area contributed by atoms with Gasteiger partial charge in [0.05, 0.1) is 22.2 Å². The van der Waals surface area contributed by atoms with E-state index in [1.807, 2.05) is 13.8 Å². The van der Waals surface area contributed by atoms with Crippen molar-refractivity contribution in [2.24, 2.45) is 0 Å². The molecule has 2 N–H and O–H groups in total. The first-order valence-electron chi connectivity index (χ1n) is 8.18. The highest BCUT2D eigenvalue weighted by molar-refractivity contribution is 7.92. The Morgan fingerprint density at radius 1 is 1.04 bits per heavy atom. The first kappa shape index (κ1) is 18.0. The number of fused-ring (bicyclic) bond motifs is 1. The summed E-state index contributed by atoms with van der Waals surface area (Å²) in [5, 5.41) is 0.834. The normalized spacial score (nSPS) is 11.7. The highest BCUT2D eigenvalue weighted by atomic mass is 32.2. The highest BCUT2D eigenvalue weighted by Gasteiger charge is 2.15. The maximum Gasteiger partial charge on any atom is 0.261 e. The quantitative estimate of drug-likeness (QED) is 0.718. The third kappa shape index (κ3) is 3.88. The molecule has 0 saturated carbocycles. The molecule has 0 aliphatic rings. The number of anilines is 1. The summed E-state index contributed by atoms with van der Waals surface area (Å²) in [4.78, 5) is 14.6. The monoisotopic (exact) mass is 372 g/mol. The van der Waals surface area contributed by atoms with Gasteiger partial charge in [-0.3, -0.25) is 9.52 Å². The molecule has 1 heterocycles. The molecule has 0 aliphatic carbocycles. The van der Waals surface area contributed by atoms with Crippen molar-refractivity contribution in [2.45, 2.75) is 31.8 Å². The second kappa shape index (κ2) is 6.84. The summed E-state index contributed by atoms with van der Waals surface area (Å²) in [6.45, 7) is 5.52. The van der Waals surface area contributed by atoms with Gasteiger partial charge in [0.1, 0.15) is 5.75 Å². The smallest absolute Gasteiger partial charge is 0.261 e. The lowest BCUT2D eigenvalue weighted by Crippen LogP contribution is -2.13. The van der Waals surface area contributed by atoms with Crippen molar-refractivity contribution < 1.29 is 13.2 Å². The maximum absolute atomic E-state index is 12.6. The van der Waals surface area contributed by atoms with Gasteiger partial charge in [-0.05, 0) is 68.6 Å². The largest absolute Gasteiger partial charge is 0.491 e. The average Bonchev–Trinajstić information content (AvgIpc) is 2.56. The number of hydrogen-bond acceptors (Lipinski definition) is 4. The van der Waals surface area contributed by atoms with E-state index in [-0.39, 0.29) is 16.6 Å². The third-order valence-corrected chi connectivity index (χ3v) is 5.19. The van der Waals surface area contributed by atoms with Gasteiger partial charge < -0.3 is 9.72 Å². The molecule has 0 amide bonds. The molecule has 26 heavy (non-hydrogen) atoms. The molecule has 0 spiro atoms. The molecule has 0 atom stereocenters. The Morgan fingerprint density at radius 3 is 2.38 bits per heavy atom. The van der Waals surface area contributed by atoms with E-state index in [9.17, 15) is 13.2 Å². The zero-order chi connectivity index (χ0) is 18.9. The molecule has 0 aliphatic heterocycles. The summed E-state index contributed by atoms with van der Waals surface area (Å²) in [6, 6.07) is 13.0. The molecule has 3 rings (SSSR count). The topological polar surface area (TPSA) is 88.3 Å². The van der Waals surface area contributed by atoms with Crippen molar-refractivity contribution in [3.05, 3.63) is 64.4 Å². The third-order valence-electron chi connectivity index (χ3n) is 3.79. The number of aromatic nitrogens is 1. The number of hydrogen-bond donors (Lipinski definition) is 2. The highest BCUT2D eigenvalue weighted by Crippen LogP contribution is 2.22. The van der Waals surface area contributed by atoms with Gasteiger partial charge in [0.2, 0.25) is 0 Å². The molecule has 2 aromatic carbocycles. The molecule has 0 bridgehead atoms. The Balaban J connectivity index is 1.88. The van der Waals surface area contributed by atoms with Crippen LogP contribution in [0.2, 0.25) is 0 Å². The summed E-state index contributed by atoms with van der Waals surface area (Å²) < 4.78 is 33.2. The molecule has 0 unspecified atom stereocenters. The molecule has 0 radical (unpaired) electrons. The Hall–Kier alpha value is -2.80. The van der Waals surface area contributed by atoms with Crippen molar-refractivity contribution in [1.29, 1.82) is 0 Å². The van der Waals surface area contributed by atoms with Crippen molar-refractivity contribution in [2.75, 3.05) is 4.72 Å². The number of rotatable bonds is 5. The van der Waals surface area contributed by atoms with Crippen LogP contribution in [0.15, 0.2) is 58.2 Å². The van der Waals surface area contributed by atoms with E-state index in [4.69, 9.17) is 4.74 Å². The van der Waals surface area contributed by atoms with Gasteiger partial charge in [0, 0.05) is 5.56 Å². The van der Waals surface area contributed by atoms with Gasteiger partial charge >= 0.3 is 0 Å². The first-order chi connectivity index (χ1) is 12.2. The van der Waals surface area contributed by atoms with Crippen LogP contribution in [0, 0.1) is 6.92 Å². The number of H-pyrrole nitrogens is 1. The summed E-state index contributed by atoms with van der Waals surface area (Å²) >= 11 is 0. The van der Waals surface area contributed by atoms with Crippen LogP contribution in [0.5, 0.6) is 5.75 Å². The van der Waals surface area contributed by atoms with Gasteiger partial charge in [-0.25, -0.2) is 8.42 Å². The summed E-state index contributed by atoms with van der Waals surface area (Å²) in [7, 11) is -3.74. The fourth-order valence-corrected chi connectivity index (χ4v) is 3.61. The van der Waals surface area contributed by atoms with Crippen molar-refractivity contribution >= 4 is 26.6 Å². The Bertz CT molecular complexity index is 1100. The Morgan fingerprint density at radius 2 is 1.73 bits per heavy atom. The fraction of sp³-hybridized carbons (Fsp3) is 0.211. The average molecular weight is 372 g/mol. The van der Waals surface area contributed by atoms with Gasteiger partial charge in [0.15, 0.2) is 0 Å². The second-order valence-electron chi connectivity index (χ2n) is 6.33. The molecule has 7 heteroatoms. The minimum atomic E-state index is -3.74. The van der Waals surface area contributed by atoms with Crippen LogP contribution in [0.4, 0.5) is 5.69 Å². The van der Waals surface area contributed by atoms with E-state index in [1.54, 1.807) is 43.3 Å². The minimum Gasteiger partial charge on any atom is -0.491 e. The van der Waals surface area contributed by atoms with Gasteiger partial charge in [-0.2, -0.15) is 0 Å². The number of benzene rings is 2. The summed E-state index contributed by atoms with van der Waals surface area (Å²) in [5.74, 6) is 0.609. The van der Waals surface area contributed by atoms with E-state index >= 15 is 0 Å². The number of nitrogens with one attached hydrogen (secondary N) is 2. The summed E-state index contributed by atoms with van der Waals surface area (Å²) in [6.07, 6.45) is 0.0129. The van der Waals surface area contributed by atoms with E-state index in [0.717, 1.165) is 5.39 Å². The zero-order valence-corrected chi connectivity index (χ0v) is 15.6. The van der Waals surface area contributed by atoms with Crippen LogP contribution >= 0.6 is 0 Å². The number of ether oxygens (including phenoxy) is 1. The number of aryl methyl sites for hydroxylation is 1. The molecule has 6 nitrogen and oxygen atoms in total. The van der Waals surface area contributed by atoms with Crippen LogP contribution in [-0.2, 0) is 10.0 Å². The molecule has 1 aromatic heterocycles. The molecular formula is C19H20N2O4S. The SMILES string of the molecule is Cc1cc2ccc(NS(=O)(=O)c3ccc(OC(C)C)cc3)cc2[nH]c1=O. The van der Waals surface area contributed by atoms with E-state index in [0.29, 0.717) is 22.5 Å². The lowest BCUT2D eigenvalue weighted by atomic mass is 10.1. The maximum atomic E-state index is 12.6. The van der Waals surface area contributed by atoms with Crippen molar-refractivity contribution in [1.82, 2.24) is 4.98 Å². The minimum absolute atomic E-state index is 0.0129. The second-order valence-corrected chi connectivity index (χ2v) is 8.01. The van der Waals surface area contributed by atoms with Gasteiger partial charge in [-0.1, -0.05) is 6.07 Å². The predicted octanol–water partition coefficient (Wildman–Crippen LogP) is 3.42. The lowest BCUT2D eigenvalue weighted by Gasteiger charge is -2.12. The van der Waals surface area contributed by atoms with Crippen LogP contribution in [0.25, 0.3) is 10.9 Å². The molecule has 136 valence electrons. The number of sulfonamides is 1. The number of pyridine rings is 1. The molecule has 3 aromatic rings. The first-order valence-corrected chi connectivity index (χ1v) is 9.66. The lowest BCUT2D eigenvalue weighted by molar-refractivity contribution is 0.242. The van der Waals surface area contributed by atoms with Gasteiger partial charge in [-0.15, -0.1) is 0 Å². The zero-order valence-electron chi connectivity index (χ0n) is 14.7. The molecule has 0 fully saturated rings. The number of aromatic amines is 1. The van der Waals surface area contributed by atoms with Crippen molar-refractivity contribution in [3.8, 4) is 5.75 Å².